The standard InChI is InChI=1S/C14H25N3S/c1-4-17(5-2)10-9-13-16-14-11(15-3)7-6-8-12(14)18-13/h11,15H,4-10H2,1-3H3. The maximum Gasteiger partial charge on any atom is 0.0944 e. The number of thiazole rings is 1. The van der Waals surface area contributed by atoms with E-state index in [4.69, 9.17) is 4.98 Å². The van der Waals surface area contributed by atoms with E-state index in [0.29, 0.717) is 6.04 Å². The molecule has 1 heterocycles. The van der Waals surface area contributed by atoms with E-state index in [1.165, 1.54) is 34.8 Å². The number of nitrogens with one attached hydrogen (secondary N) is 1. The van der Waals surface area contributed by atoms with Crippen molar-refractivity contribution in [3.05, 3.63) is 15.6 Å². The van der Waals surface area contributed by atoms with Crippen LogP contribution in [-0.2, 0) is 12.8 Å². The zero-order valence-electron chi connectivity index (χ0n) is 11.8. The largest absolute Gasteiger partial charge is 0.312 e. The zero-order chi connectivity index (χ0) is 13.0. The Labute approximate surface area is 115 Å². The third-order valence-corrected chi connectivity index (χ3v) is 5.07. The fraction of sp³-hybridized carbons (Fsp3) is 0.786. The van der Waals surface area contributed by atoms with Gasteiger partial charge in [0.2, 0.25) is 0 Å². The van der Waals surface area contributed by atoms with Gasteiger partial charge >= 0.3 is 0 Å². The second-order valence-electron chi connectivity index (χ2n) is 4.93. The molecule has 1 aromatic heterocycles. The Hall–Kier alpha value is -0.450. The molecule has 1 aromatic rings. The molecule has 0 bridgehead atoms. The summed E-state index contributed by atoms with van der Waals surface area (Å²) < 4.78 is 0. The number of fused-ring (bicyclic) bond motifs is 1. The topological polar surface area (TPSA) is 28.2 Å². The second kappa shape index (κ2) is 6.64. The van der Waals surface area contributed by atoms with Crippen molar-refractivity contribution in [2.45, 2.75) is 45.6 Å². The summed E-state index contributed by atoms with van der Waals surface area (Å²) in [6, 6.07) is 0.493. The Kier molecular flexibility index (Phi) is 5.15. The zero-order valence-corrected chi connectivity index (χ0v) is 12.6. The molecular weight excluding hydrogens is 242 g/mol. The van der Waals surface area contributed by atoms with Crippen molar-refractivity contribution in [2.24, 2.45) is 0 Å². The first-order chi connectivity index (χ1) is 8.78. The number of aryl methyl sites for hydroxylation is 1. The molecule has 0 radical (unpaired) electrons. The van der Waals surface area contributed by atoms with Gasteiger partial charge in [-0.05, 0) is 39.4 Å². The molecule has 1 N–H and O–H groups in total. The van der Waals surface area contributed by atoms with Crippen molar-refractivity contribution < 1.29 is 0 Å². The SMILES string of the molecule is CCN(CC)CCc1nc2c(s1)CCCC2NC. The van der Waals surface area contributed by atoms with Crippen LogP contribution in [-0.4, -0.2) is 36.6 Å². The van der Waals surface area contributed by atoms with Crippen LogP contribution in [0.25, 0.3) is 0 Å². The van der Waals surface area contributed by atoms with Gasteiger partial charge in [0.25, 0.3) is 0 Å². The molecule has 1 aliphatic carbocycles. The molecular formula is C14H25N3S. The van der Waals surface area contributed by atoms with Crippen LogP contribution in [0.5, 0.6) is 0 Å². The minimum Gasteiger partial charge on any atom is -0.312 e. The van der Waals surface area contributed by atoms with Crippen LogP contribution in [0.3, 0.4) is 0 Å². The highest BCUT2D eigenvalue weighted by molar-refractivity contribution is 7.11. The van der Waals surface area contributed by atoms with E-state index in [2.05, 4.69) is 31.1 Å². The average Bonchev–Trinajstić information content (AvgIpc) is 2.82. The molecule has 0 spiro atoms. The first kappa shape index (κ1) is 14.0. The van der Waals surface area contributed by atoms with Crippen LogP contribution in [0, 0.1) is 0 Å². The molecule has 18 heavy (non-hydrogen) atoms. The third kappa shape index (κ3) is 3.11. The number of hydrogen-bond acceptors (Lipinski definition) is 4. The van der Waals surface area contributed by atoms with E-state index >= 15 is 0 Å². The number of hydrogen-bond donors (Lipinski definition) is 1. The minimum atomic E-state index is 0.493. The molecule has 0 saturated heterocycles. The molecule has 1 aliphatic rings. The second-order valence-corrected chi connectivity index (χ2v) is 6.09. The van der Waals surface area contributed by atoms with Gasteiger partial charge in [-0.1, -0.05) is 13.8 Å². The quantitative estimate of drug-likeness (QED) is 0.859. The summed E-state index contributed by atoms with van der Waals surface area (Å²) in [5.74, 6) is 0. The molecule has 0 saturated carbocycles. The summed E-state index contributed by atoms with van der Waals surface area (Å²) in [5.41, 5.74) is 1.34. The summed E-state index contributed by atoms with van der Waals surface area (Å²) in [4.78, 5) is 8.86. The van der Waals surface area contributed by atoms with E-state index in [1.54, 1.807) is 0 Å². The fourth-order valence-electron chi connectivity index (χ4n) is 2.65. The number of rotatable bonds is 6. The predicted octanol–water partition coefficient (Wildman–Crippen LogP) is 2.62. The molecule has 2 rings (SSSR count). The normalized spacial score (nSPS) is 19.2. The van der Waals surface area contributed by atoms with Crippen molar-refractivity contribution in [1.29, 1.82) is 0 Å². The minimum absolute atomic E-state index is 0.493. The first-order valence-electron chi connectivity index (χ1n) is 7.16. The Bertz CT molecular complexity index is 371. The van der Waals surface area contributed by atoms with Crippen LogP contribution < -0.4 is 5.32 Å². The lowest BCUT2D eigenvalue weighted by Gasteiger charge is -2.19. The van der Waals surface area contributed by atoms with Gasteiger partial charge in [0, 0.05) is 17.8 Å². The van der Waals surface area contributed by atoms with Gasteiger partial charge in [-0.2, -0.15) is 0 Å². The summed E-state index contributed by atoms with van der Waals surface area (Å²) in [7, 11) is 2.05. The van der Waals surface area contributed by atoms with Gasteiger partial charge in [-0.3, -0.25) is 0 Å². The highest BCUT2D eigenvalue weighted by Crippen LogP contribution is 2.33. The third-order valence-electron chi connectivity index (χ3n) is 3.88. The van der Waals surface area contributed by atoms with Crippen molar-refractivity contribution in [3.8, 4) is 0 Å². The van der Waals surface area contributed by atoms with Gasteiger partial charge in [0.15, 0.2) is 0 Å². The Balaban J connectivity index is 2.00. The molecule has 4 heteroatoms. The number of aromatic nitrogens is 1. The Morgan fingerprint density at radius 3 is 2.83 bits per heavy atom. The summed E-state index contributed by atoms with van der Waals surface area (Å²) in [6.45, 7) is 7.88. The van der Waals surface area contributed by atoms with Crippen LogP contribution in [0.15, 0.2) is 0 Å². The van der Waals surface area contributed by atoms with E-state index in [0.717, 1.165) is 26.1 Å². The molecule has 3 nitrogen and oxygen atoms in total. The van der Waals surface area contributed by atoms with Gasteiger partial charge in [0.05, 0.1) is 16.7 Å². The van der Waals surface area contributed by atoms with Crippen LogP contribution in [0.4, 0.5) is 0 Å². The monoisotopic (exact) mass is 267 g/mol. The highest BCUT2D eigenvalue weighted by atomic mass is 32.1. The van der Waals surface area contributed by atoms with Crippen molar-refractivity contribution in [2.75, 3.05) is 26.7 Å². The molecule has 102 valence electrons. The van der Waals surface area contributed by atoms with Crippen molar-refractivity contribution >= 4 is 11.3 Å². The number of nitrogens with zero attached hydrogens (tertiary/aromatic N) is 2. The lowest BCUT2D eigenvalue weighted by Crippen LogP contribution is -2.25. The Morgan fingerprint density at radius 2 is 2.17 bits per heavy atom. The smallest absolute Gasteiger partial charge is 0.0944 e. The van der Waals surface area contributed by atoms with E-state index in [1.807, 2.05) is 11.3 Å². The van der Waals surface area contributed by atoms with E-state index < -0.39 is 0 Å². The summed E-state index contributed by atoms with van der Waals surface area (Å²) >= 11 is 1.94. The van der Waals surface area contributed by atoms with Gasteiger partial charge in [-0.25, -0.2) is 4.98 Å². The first-order valence-corrected chi connectivity index (χ1v) is 7.98. The highest BCUT2D eigenvalue weighted by Gasteiger charge is 2.23. The molecule has 0 aliphatic heterocycles. The maximum atomic E-state index is 4.87. The van der Waals surface area contributed by atoms with Crippen LogP contribution in [0.2, 0.25) is 0 Å². The molecule has 0 fully saturated rings. The lowest BCUT2D eigenvalue weighted by molar-refractivity contribution is 0.307. The fourth-order valence-corrected chi connectivity index (χ4v) is 3.81. The van der Waals surface area contributed by atoms with Crippen molar-refractivity contribution in [3.63, 3.8) is 0 Å². The summed E-state index contributed by atoms with van der Waals surface area (Å²) in [5, 5.41) is 4.72. The lowest BCUT2D eigenvalue weighted by atomic mass is 9.98. The van der Waals surface area contributed by atoms with Crippen LogP contribution >= 0.6 is 11.3 Å². The molecule has 1 atom stereocenters. The Morgan fingerprint density at radius 1 is 1.39 bits per heavy atom. The maximum absolute atomic E-state index is 4.87. The van der Waals surface area contributed by atoms with Crippen molar-refractivity contribution in [1.82, 2.24) is 15.2 Å². The van der Waals surface area contributed by atoms with Gasteiger partial charge in [-0.15, -0.1) is 11.3 Å². The molecule has 1 unspecified atom stereocenters. The number of likely N-dealkylation sites (N-methyl/N-ethyl adjacent to an activating group) is 1. The van der Waals surface area contributed by atoms with E-state index in [-0.39, 0.29) is 0 Å². The van der Waals surface area contributed by atoms with Gasteiger partial charge in [0.1, 0.15) is 0 Å². The molecule has 0 amide bonds. The predicted molar refractivity (Wildman–Crippen MR) is 78.3 cm³/mol. The van der Waals surface area contributed by atoms with Gasteiger partial charge < -0.3 is 10.2 Å². The average molecular weight is 267 g/mol. The van der Waals surface area contributed by atoms with E-state index in [9.17, 15) is 0 Å². The summed E-state index contributed by atoms with van der Waals surface area (Å²) in [6.07, 6.45) is 4.88. The van der Waals surface area contributed by atoms with Crippen LogP contribution in [0.1, 0.15) is 48.3 Å². The molecule has 0 aromatic carbocycles.